The predicted octanol–water partition coefficient (Wildman–Crippen LogP) is 3.30. The molecule has 0 aliphatic carbocycles. The summed E-state index contributed by atoms with van der Waals surface area (Å²) in [6, 6.07) is 7.45. The number of carbonyl (C=O) groups is 2. The normalized spacial score (nSPS) is 21.3. The van der Waals surface area contributed by atoms with E-state index in [-0.39, 0.29) is 13.2 Å². The Kier molecular flexibility index (Phi) is 7.13. The Labute approximate surface area is 177 Å². The fraction of sp³-hybridized carbons (Fsp3) is 0.522. The summed E-state index contributed by atoms with van der Waals surface area (Å²) in [5, 5.41) is 0. The summed E-state index contributed by atoms with van der Waals surface area (Å²) in [5.74, 6) is -0.994. The molecule has 30 heavy (non-hydrogen) atoms. The van der Waals surface area contributed by atoms with Crippen LogP contribution in [0.2, 0.25) is 0 Å². The summed E-state index contributed by atoms with van der Waals surface area (Å²) in [4.78, 5) is 33.1. The molecule has 2 atom stereocenters. The molecule has 0 spiro atoms. The van der Waals surface area contributed by atoms with E-state index in [0.29, 0.717) is 22.9 Å². The number of hydrogen-bond donors (Lipinski definition) is 0. The minimum atomic E-state index is -0.730. The zero-order valence-corrected chi connectivity index (χ0v) is 18.1. The van der Waals surface area contributed by atoms with Gasteiger partial charge in [-0.3, -0.25) is 4.79 Å². The maximum Gasteiger partial charge on any atom is 0.338 e. The molecule has 1 aromatic carbocycles. The van der Waals surface area contributed by atoms with Crippen LogP contribution in [0, 0.1) is 5.92 Å². The Bertz CT molecular complexity index is 855. The van der Waals surface area contributed by atoms with Gasteiger partial charge in [-0.2, -0.15) is 0 Å². The predicted molar refractivity (Wildman–Crippen MR) is 113 cm³/mol. The maximum absolute atomic E-state index is 13.2. The van der Waals surface area contributed by atoms with Gasteiger partial charge in [0, 0.05) is 30.3 Å². The molecule has 0 radical (unpaired) electrons. The van der Waals surface area contributed by atoms with Crippen LogP contribution in [0.1, 0.15) is 45.1 Å². The van der Waals surface area contributed by atoms with E-state index in [4.69, 9.17) is 19.2 Å². The van der Waals surface area contributed by atoms with E-state index in [1.165, 1.54) is 0 Å². The van der Waals surface area contributed by atoms with Crippen LogP contribution in [-0.4, -0.2) is 56.0 Å². The molecule has 1 fully saturated rings. The highest BCUT2D eigenvalue weighted by Gasteiger charge is 2.45. The van der Waals surface area contributed by atoms with Gasteiger partial charge in [0.25, 0.3) is 0 Å². The van der Waals surface area contributed by atoms with Crippen molar-refractivity contribution in [1.29, 1.82) is 0 Å². The number of aliphatic imine (C=N–C) groups is 1. The zero-order chi connectivity index (χ0) is 21.7. The lowest BCUT2D eigenvalue weighted by atomic mass is 9.75. The summed E-state index contributed by atoms with van der Waals surface area (Å²) >= 11 is 0. The van der Waals surface area contributed by atoms with E-state index in [9.17, 15) is 9.59 Å². The third kappa shape index (κ3) is 4.20. The fourth-order valence-electron chi connectivity index (χ4n) is 4.24. The first kappa shape index (κ1) is 21.9. The van der Waals surface area contributed by atoms with Crippen LogP contribution in [0.25, 0.3) is 0 Å². The summed E-state index contributed by atoms with van der Waals surface area (Å²) in [5.41, 5.74) is 1.76. The molecule has 7 nitrogen and oxygen atoms in total. The van der Waals surface area contributed by atoms with Crippen LogP contribution < -0.4 is 4.74 Å². The SMILES string of the molecule is CCOC(=O)C1=C(N2CCCC2)N=C(C)C(C(=O)OCC)C1c1ccccc1OC. The summed E-state index contributed by atoms with van der Waals surface area (Å²) in [6.07, 6.45) is 2.07. The Balaban J connectivity index is 2.25. The van der Waals surface area contributed by atoms with Gasteiger partial charge in [-0.25, -0.2) is 9.79 Å². The Morgan fingerprint density at radius 2 is 1.77 bits per heavy atom. The van der Waals surface area contributed by atoms with Gasteiger partial charge in [-0.05, 0) is 39.7 Å². The van der Waals surface area contributed by atoms with Crippen LogP contribution in [-0.2, 0) is 19.1 Å². The Morgan fingerprint density at radius 1 is 1.10 bits per heavy atom. The second-order valence-corrected chi connectivity index (χ2v) is 7.35. The lowest BCUT2D eigenvalue weighted by Crippen LogP contribution is -2.39. The lowest BCUT2D eigenvalue weighted by molar-refractivity contribution is -0.146. The number of rotatable bonds is 7. The van der Waals surface area contributed by atoms with Gasteiger partial charge >= 0.3 is 11.9 Å². The molecule has 162 valence electrons. The minimum absolute atomic E-state index is 0.237. The van der Waals surface area contributed by atoms with Gasteiger partial charge in [0.15, 0.2) is 0 Å². The van der Waals surface area contributed by atoms with E-state index in [1.54, 1.807) is 21.0 Å². The van der Waals surface area contributed by atoms with Gasteiger partial charge in [0.05, 0.1) is 25.9 Å². The molecular weight excluding hydrogens is 384 g/mol. The first-order valence-electron chi connectivity index (χ1n) is 10.5. The van der Waals surface area contributed by atoms with Crippen molar-refractivity contribution >= 4 is 17.7 Å². The van der Waals surface area contributed by atoms with Gasteiger partial charge in [-0.1, -0.05) is 18.2 Å². The standard InChI is InChI=1S/C23H30N2O5/c1-5-29-22(26)18-15(3)24-21(25-13-9-10-14-25)20(23(27)30-6-2)19(18)16-11-7-8-12-17(16)28-4/h7-8,11-12,18-19H,5-6,9-10,13-14H2,1-4H3. The largest absolute Gasteiger partial charge is 0.496 e. The van der Waals surface area contributed by atoms with Crippen molar-refractivity contribution in [1.82, 2.24) is 4.90 Å². The molecule has 3 rings (SSSR count). The van der Waals surface area contributed by atoms with Crippen LogP contribution >= 0.6 is 0 Å². The smallest absolute Gasteiger partial charge is 0.338 e. The minimum Gasteiger partial charge on any atom is -0.496 e. The highest BCUT2D eigenvalue weighted by molar-refractivity contribution is 6.07. The number of ether oxygens (including phenoxy) is 3. The van der Waals surface area contributed by atoms with E-state index >= 15 is 0 Å². The maximum atomic E-state index is 13.2. The van der Waals surface area contributed by atoms with Crippen LogP contribution in [0.5, 0.6) is 5.75 Å². The number of likely N-dealkylation sites (tertiary alicyclic amines) is 1. The van der Waals surface area contributed by atoms with Crippen molar-refractivity contribution in [3.8, 4) is 5.75 Å². The molecule has 0 N–H and O–H groups in total. The van der Waals surface area contributed by atoms with Gasteiger partial charge in [0.1, 0.15) is 17.5 Å². The van der Waals surface area contributed by atoms with Crippen molar-refractivity contribution < 1.29 is 23.8 Å². The highest BCUT2D eigenvalue weighted by Crippen LogP contribution is 2.44. The number of para-hydroxylation sites is 1. The molecule has 2 unspecified atom stereocenters. The zero-order valence-electron chi connectivity index (χ0n) is 18.1. The average molecular weight is 415 g/mol. The topological polar surface area (TPSA) is 77.4 Å². The molecule has 2 aliphatic heterocycles. The van der Waals surface area contributed by atoms with Gasteiger partial charge in [0.2, 0.25) is 0 Å². The van der Waals surface area contributed by atoms with E-state index in [1.807, 2.05) is 31.2 Å². The molecule has 7 heteroatoms. The molecule has 0 amide bonds. The summed E-state index contributed by atoms with van der Waals surface area (Å²) < 4.78 is 16.4. The number of nitrogens with zero attached hydrogens (tertiary/aromatic N) is 2. The number of carbonyl (C=O) groups excluding carboxylic acids is 2. The van der Waals surface area contributed by atoms with Crippen molar-refractivity contribution in [2.45, 2.75) is 39.5 Å². The molecule has 1 saturated heterocycles. The number of hydrogen-bond acceptors (Lipinski definition) is 7. The second-order valence-electron chi connectivity index (χ2n) is 7.35. The lowest BCUT2D eigenvalue weighted by Gasteiger charge is -2.35. The molecule has 2 heterocycles. The average Bonchev–Trinajstić information content (AvgIpc) is 3.28. The molecule has 0 saturated carbocycles. The molecular formula is C23H30N2O5. The summed E-state index contributed by atoms with van der Waals surface area (Å²) in [6.45, 7) is 7.48. The molecule has 1 aromatic rings. The van der Waals surface area contributed by atoms with E-state index in [2.05, 4.69) is 4.90 Å². The van der Waals surface area contributed by atoms with Crippen LogP contribution in [0.15, 0.2) is 40.7 Å². The first-order valence-corrected chi connectivity index (χ1v) is 10.5. The van der Waals surface area contributed by atoms with Crippen LogP contribution in [0.3, 0.4) is 0 Å². The van der Waals surface area contributed by atoms with Gasteiger partial charge in [-0.15, -0.1) is 0 Å². The van der Waals surface area contributed by atoms with Gasteiger partial charge < -0.3 is 19.1 Å². The van der Waals surface area contributed by atoms with Crippen molar-refractivity contribution in [3.63, 3.8) is 0 Å². The monoisotopic (exact) mass is 414 g/mol. The third-order valence-electron chi connectivity index (χ3n) is 5.53. The van der Waals surface area contributed by atoms with Crippen molar-refractivity contribution in [3.05, 3.63) is 41.2 Å². The number of benzene rings is 1. The number of methoxy groups -OCH3 is 1. The quantitative estimate of drug-likeness (QED) is 0.637. The van der Waals surface area contributed by atoms with E-state index < -0.39 is 23.8 Å². The highest BCUT2D eigenvalue weighted by atomic mass is 16.5. The molecule has 0 aromatic heterocycles. The summed E-state index contributed by atoms with van der Waals surface area (Å²) in [7, 11) is 1.58. The van der Waals surface area contributed by atoms with Crippen molar-refractivity contribution in [2.24, 2.45) is 10.9 Å². The van der Waals surface area contributed by atoms with E-state index in [0.717, 1.165) is 31.5 Å². The van der Waals surface area contributed by atoms with Crippen molar-refractivity contribution in [2.75, 3.05) is 33.4 Å². The molecule has 2 aliphatic rings. The number of esters is 2. The third-order valence-corrected chi connectivity index (χ3v) is 5.53. The first-order chi connectivity index (χ1) is 14.5. The Hall–Kier alpha value is -2.83. The molecule has 0 bridgehead atoms. The van der Waals surface area contributed by atoms with Crippen LogP contribution in [0.4, 0.5) is 0 Å². The fourth-order valence-corrected chi connectivity index (χ4v) is 4.24. The Morgan fingerprint density at radius 3 is 2.40 bits per heavy atom. The second kappa shape index (κ2) is 9.78.